The molecular formula is C16H16N4O. The number of benzene rings is 1. The Kier molecular flexibility index (Phi) is 2.67. The van der Waals surface area contributed by atoms with E-state index in [1.165, 1.54) is 11.1 Å². The second-order valence-corrected chi connectivity index (χ2v) is 5.73. The molecule has 0 amide bonds. The van der Waals surface area contributed by atoms with Gasteiger partial charge in [-0.2, -0.15) is 10.2 Å². The van der Waals surface area contributed by atoms with Crippen LogP contribution in [0.1, 0.15) is 17.5 Å². The minimum atomic E-state index is -0.169. The van der Waals surface area contributed by atoms with E-state index in [0.29, 0.717) is 12.6 Å². The molecule has 0 saturated carbocycles. The van der Waals surface area contributed by atoms with Crippen molar-refractivity contribution < 1.29 is 4.74 Å². The Balaban J connectivity index is 1.71. The first-order valence-corrected chi connectivity index (χ1v) is 7.12. The minimum absolute atomic E-state index is 0.169. The number of aromatic nitrogens is 2. The fourth-order valence-electron chi connectivity index (χ4n) is 3.18. The van der Waals surface area contributed by atoms with E-state index in [0.717, 1.165) is 30.5 Å². The van der Waals surface area contributed by atoms with Crippen molar-refractivity contribution in [1.82, 2.24) is 10.2 Å². The van der Waals surface area contributed by atoms with E-state index in [1.54, 1.807) is 6.20 Å². The Bertz CT molecular complexity index is 713. The molecule has 1 aliphatic carbocycles. The van der Waals surface area contributed by atoms with Crippen molar-refractivity contribution in [3.63, 3.8) is 0 Å². The van der Waals surface area contributed by atoms with Crippen LogP contribution in [-0.4, -0.2) is 28.4 Å². The Morgan fingerprint density at radius 2 is 2.14 bits per heavy atom. The monoisotopic (exact) mass is 280 g/mol. The smallest absolute Gasteiger partial charge is 0.282 e. The van der Waals surface area contributed by atoms with E-state index in [-0.39, 0.29) is 5.54 Å². The van der Waals surface area contributed by atoms with Crippen LogP contribution in [0.2, 0.25) is 0 Å². The van der Waals surface area contributed by atoms with Crippen molar-refractivity contribution in [3.8, 4) is 11.3 Å². The molecule has 0 bridgehead atoms. The third-order valence-corrected chi connectivity index (χ3v) is 4.29. The molecule has 0 radical (unpaired) electrons. The highest BCUT2D eigenvalue weighted by atomic mass is 16.5. The predicted molar refractivity (Wildman–Crippen MR) is 79.8 cm³/mol. The summed E-state index contributed by atoms with van der Waals surface area (Å²) in [7, 11) is 0. The zero-order valence-corrected chi connectivity index (χ0v) is 11.6. The van der Waals surface area contributed by atoms with Crippen LogP contribution >= 0.6 is 0 Å². The first-order valence-electron chi connectivity index (χ1n) is 7.12. The van der Waals surface area contributed by atoms with Crippen LogP contribution in [-0.2, 0) is 17.6 Å². The van der Waals surface area contributed by atoms with Gasteiger partial charge in [-0.15, -0.1) is 0 Å². The number of nitrogens with zero attached hydrogens (tertiary/aromatic N) is 3. The SMILES string of the molecule is NC1=NC2(CCc3ccc(-c4cccnn4)cc3C2)CO1. The summed E-state index contributed by atoms with van der Waals surface area (Å²) >= 11 is 0. The number of ether oxygens (including phenoxy) is 1. The Hall–Kier alpha value is -2.43. The lowest BCUT2D eigenvalue weighted by molar-refractivity contribution is 0.235. The number of hydrogen-bond acceptors (Lipinski definition) is 5. The average molecular weight is 280 g/mol. The first kappa shape index (κ1) is 12.3. The van der Waals surface area contributed by atoms with Gasteiger partial charge in [-0.25, -0.2) is 4.99 Å². The Morgan fingerprint density at radius 1 is 1.19 bits per heavy atom. The van der Waals surface area contributed by atoms with Crippen LogP contribution in [0.25, 0.3) is 11.3 Å². The highest BCUT2D eigenvalue weighted by Crippen LogP contribution is 2.36. The zero-order chi connectivity index (χ0) is 14.3. The highest BCUT2D eigenvalue weighted by Gasteiger charge is 2.39. The largest absolute Gasteiger partial charge is 0.463 e. The molecule has 0 saturated heterocycles. The number of hydrogen-bond donors (Lipinski definition) is 1. The molecular weight excluding hydrogens is 264 g/mol. The van der Waals surface area contributed by atoms with Gasteiger partial charge in [0.2, 0.25) is 0 Å². The Morgan fingerprint density at radius 3 is 2.90 bits per heavy atom. The molecule has 2 aromatic rings. The van der Waals surface area contributed by atoms with E-state index in [1.807, 2.05) is 12.1 Å². The minimum Gasteiger partial charge on any atom is -0.463 e. The fraction of sp³-hybridized carbons (Fsp3) is 0.312. The summed E-state index contributed by atoms with van der Waals surface area (Å²) < 4.78 is 5.38. The molecule has 0 fully saturated rings. The number of fused-ring (bicyclic) bond motifs is 1. The van der Waals surface area contributed by atoms with Crippen molar-refractivity contribution in [2.24, 2.45) is 10.7 Å². The third-order valence-electron chi connectivity index (χ3n) is 4.29. The molecule has 1 unspecified atom stereocenters. The van der Waals surface area contributed by atoms with Gasteiger partial charge >= 0.3 is 0 Å². The highest BCUT2D eigenvalue weighted by molar-refractivity contribution is 5.74. The third kappa shape index (κ3) is 2.14. The lowest BCUT2D eigenvalue weighted by Crippen LogP contribution is -2.35. The second kappa shape index (κ2) is 4.55. The van der Waals surface area contributed by atoms with Crippen LogP contribution in [0.4, 0.5) is 0 Å². The maximum atomic E-state index is 5.69. The molecule has 1 aromatic heterocycles. The molecule has 1 aromatic carbocycles. The summed E-state index contributed by atoms with van der Waals surface area (Å²) in [5.74, 6) is 0. The molecule has 106 valence electrons. The zero-order valence-electron chi connectivity index (χ0n) is 11.6. The summed E-state index contributed by atoms with van der Waals surface area (Å²) in [5.41, 5.74) is 10.2. The fourth-order valence-corrected chi connectivity index (χ4v) is 3.18. The number of amidine groups is 1. The quantitative estimate of drug-likeness (QED) is 0.863. The van der Waals surface area contributed by atoms with E-state index in [9.17, 15) is 0 Å². The van der Waals surface area contributed by atoms with E-state index < -0.39 is 0 Å². The molecule has 5 heteroatoms. The number of aryl methyl sites for hydroxylation is 1. The van der Waals surface area contributed by atoms with Crippen LogP contribution in [0.15, 0.2) is 41.5 Å². The summed E-state index contributed by atoms with van der Waals surface area (Å²) in [6.45, 7) is 0.591. The molecule has 1 spiro atoms. The topological polar surface area (TPSA) is 73.4 Å². The first-order chi connectivity index (χ1) is 10.2. The van der Waals surface area contributed by atoms with Gasteiger partial charge in [0, 0.05) is 18.2 Å². The van der Waals surface area contributed by atoms with Gasteiger partial charge in [-0.1, -0.05) is 12.1 Å². The maximum Gasteiger partial charge on any atom is 0.282 e. The van der Waals surface area contributed by atoms with Gasteiger partial charge in [0.05, 0.1) is 5.69 Å². The summed E-state index contributed by atoms with van der Waals surface area (Å²) in [4.78, 5) is 4.52. The standard InChI is InChI=1S/C16H16N4O/c17-15-19-16(10-21-15)6-5-11-3-4-12(8-13(11)9-16)14-2-1-7-18-20-14/h1-4,7-8H,5-6,9-10H2,(H2,17,19). The molecule has 1 atom stereocenters. The lowest BCUT2D eigenvalue weighted by Gasteiger charge is -2.30. The van der Waals surface area contributed by atoms with Crippen molar-refractivity contribution in [3.05, 3.63) is 47.7 Å². The van der Waals surface area contributed by atoms with Gasteiger partial charge in [0.1, 0.15) is 12.1 Å². The van der Waals surface area contributed by atoms with Crippen LogP contribution in [0.3, 0.4) is 0 Å². The molecule has 2 aliphatic rings. The predicted octanol–water partition coefficient (Wildman–Crippen LogP) is 1.72. The Labute approximate surface area is 122 Å². The summed E-state index contributed by atoms with van der Waals surface area (Å²) in [5, 5.41) is 8.12. The van der Waals surface area contributed by atoms with Gasteiger partial charge in [0.15, 0.2) is 0 Å². The maximum absolute atomic E-state index is 5.69. The van der Waals surface area contributed by atoms with E-state index >= 15 is 0 Å². The lowest BCUT2D eigenvalue weighted by atomic mass is 9.78. The summed E-state index contributed by atoms with van der Waals surface area (Å²) in [6.07, 6.45) is 4.56. The van der Waals surface area contributed by atoms with E-state index in [2.05, 4.69) is 33.4 Å². The number of aliphatic imine (C=N–C) groups is 1. The van der Waals surface area contributed by atoms with Crippen molar-refractivity contribution >= 4 is 6.02 Å². The molecule has 5 nitrogen and oxygen atoms in total. The summed E-state index contributed by atoms with van der Waals surface area (Å²) in [6, 6.07) is 10.7. The van der Waals surface area contributed by atoms with Gasteiger partial charge < -0.3 is 10.5 Å². The molecule has 2 N–H and O–H groups in total. The van der Waals surface area contributed by atoms with Crippen molar-refractivity contribution in [2.45, 2.75) is 24.8 Å². The van der Waals surface area contributed by atoms with Crippen LogP contribution in [0, 0.1) is 0 Å². The van der Waals surface area contributed by atoms with Crippen molar-refractivity contribution in [1.29, 1.82) is 0 Å². The van der Waals surface area contributed by atoms with Crippen LogP contribution < -0.4 is 5.73 Å². The van der Waals surface area contributed by atoms with E-state index in [4.69, 9.17) is 10.5 Å². The molecule has 21 heavy (non-hydrogen) atoms. The van der Waals surface area contributed by atoms with Gasteiger partial charge in [-0.05, 0) is 42.2 Å². The number of nitrogens with two attached hydrogens (primary N) is 1. The molecule has 1 aliphatic heterocycles. The molecule has 4 rings (SSSR count). The second-order valence-electron chi connectivity index (χ2n) is 5.73. The average Bonchev–Trinajstić information content (AvgIpc) is 2.88. The van der Waals surface area contributed by atoms with Crippen LogP contribution in [0.5, 0.6) is 0 Å². The van der Waals surface area contributed by atoms with Gasteiger partial charge in [-0.3, -0.25) is 0 Å². The normalized spacial score (nSPS) is 23.5. The number of rotatable bonds is 1. The molecule has 2 heterocycles. The van der Waals surface area contributed by atoms with Gasteiger partial charge in [0.25, 0.3) is 6.02 Å². The van der Waals surface area contributed by atoms with Crippen molar-refractivity contribution in [2.75, 3.05) is 6.61 Å².